The fourth-order valence-corrected chi connectivity index (χ4v) is 4.25. The fourth-order valence-electron chi connectivity index (χ4n) is 4.25. The molecule has 20 heavy (non-hydrogen) atoms. The Bertz CT molecular complexity index is 287. The van der Waals surface area contributed by atoms with Gasteiger partial charge in [0.2, 0.25) is 0 Å². The highest BCUT2D eigenvalue weighted by atomic mass is 15.3. The van der Waals surface area contributed by atoms with E-state index in [-0.39, 0.29) is 0 Å². The first-order valence-electron chi connectivity index (χ1n) is 8.92. The van der Waals surface area contributed by atoms with Crippen molar-refractivity contribution >= 4 is 0 Å². The van der Waals surface area contributed by atoms with E-state index in [1.807, 2.05) is 0 Å². The van der Waals surface area contributed by atoms with Crippen LogP contribution in [0.1, 0.15) is 45.4 Å². The van der Waals surface area contributed by atoms with Gasteiger partial charge < -0.3 is 10.6 Å². The van der Waals surface area contributed by atoms with Crippen molar-refractivity contribution in [3.8, 4) is 0 Å². The number of nitrogens with zero attached hydrogens (tertiary/aromatic N) is 2. The van der Waals surface area contributed by atoms with Crippen LogP contribution in [0.15, 0.2) is 0 Å². The van der Waals surface area contributed by atoms with Crippen LogP contribution in [0.5, 0.6) is 0 Å². The maximum Gasteiger partial charge on any atom is 0.0247 e. The normalized spacial score (nSPS) is 35.1. The number of rotatable bonds is 5. The second-order valence-corrected chi connectivity index (χ2v) is 7.60. The van der Waals surface area contributed by atoms with Crippen LogP contribution in [0.25, 0.3) is 0 Å². The van der Waals surface area contributed by atoms with Gasteiger partial charge in [-0.2, -0.15) is 0 Å². The highest BCUT2D eigenvalue weighted by Gasteiger charge is 2.32. The Balaban J connectivity index is 1.46. The number of hydrogen-bond donors (Lipinski definition) is 1. The molecule has 2 saturated carbocycles. The van der Waals surface area contributed by atoms with E-state index in [4.69, 9.17) is 5.73 Å². The van der Waals surface area contributed by atoms with Gasteiger partial charge in [0.05, 0.1) is 0 Å². The SMILES string of the molecule is CC1CCC(C(CN)N2CCN(CC3CC3)CC2)CC1. The molecule has 0 spiro atoms. The molecule has 116 valence electrons. The molecule has 0 aromatic rings. The molecule has 3 heteroatoms. The first kappa shape index (κ1) is 14.8. The lowest BCUT2D eigenvalue weighted by Gasteiger charge is -2.43. The molecule has 0 bridgehead atoms. The summed E-state index contributed by atoms with van der Waals surface area (Å²) in [5.74, 6) is 2.85. The van der Waals surface area contributed by atoms with Gasteiger partial charge in [-0.1, -0.05) is 19.8 Å². The molecule has 0 aromatic carbocycles. The first-order chi connectivity index (χ1) is 9.76. The van der Waals surface area contributed by atoms with Crippen LogP contribution in [-0.4, -0.2) is 55.1 Å². The Morgan fingerprint density at radius 2 is 1.60 bits per heavy atom. The monoisotopic (exact) mass is 279 g/mol. The first-order valence-corrected chi connectivity index (χ1v) is 8.92. The lowest BCUT2D eigenvalue weighted by molar-refractivity contribution is 0.0561. The molecule has 2 N–H and O–H groups in total. The summed E-state index contributed by atoms with van der Waals surface area (Å²) in [6, 6.07) is 0.658. The Kier molecular flexibility index (Phi) is 5.00. The average molecular weight is 279 g/mol. The van der Waals surface area contributed by atoms with Crippen molar-refractivity contribution < 1.29 is 0 Å². The lowest BCUT2D eigenvalue weighted by Crippen LogP contribution is -2.55. The smallest absolute Gasteiger partial charge is 0.0247 e. The van der Waals surface area contributed by atoms with Crippen LogP contribution in [0.3, 0.4) is 0 Å². The van der Waals surface area contributed by atoms with E-state index in [2.05, 4.69) is 16.7 Å². The third-order valence-corrected chi connectivity index (χ3v) is 5.94. The van der Waals surface area contributed by atoms with Gasteiger partial charge in [0.15, 0.2) is 0 Å². The summed E-state index contributed by atoms with van der Waals surface area (Å²) >= 11 is 0. The zero-order valence-corrected chi connectivity index (χ0v) is 13.3. The van der Waals surface area contributed by atoms with Gasteiger partial charge in [-0.15, -0.1) is 0 Å². The molecule has 0 amide bonds. The van der Waals surface area contributed by atoms with E-state index in [1.165, 1.54) is 71.2 Å². The Hall–Kier alpha value is -0.120. The molecule has 3 aliphatic rings. The average Bonchev–Trinajstić information content (AvgIpc) is 3.27. The van der Waals surface area contributed by atoms with E-state index < -0.39 is 0 Å². The van der Waals surface area contributed by atoms with Crippen molar-refractivity contribution in [1.29, 1.82) is 0 Å². The summed E-state index contributed by atoms with van der Waals surface area (Å²) in [5, 5.41) is 0. The Labute approximate surface area is 124 Å². The Morgan fingerprint density at radius 1 is 0.950 bits per heavy atom. The van der Waals surface area contributed by atoms with E-state index in [0.29, 0.717) is 6.04 Å². The molecule has 1 aliphatic heterocycles. The third kappa shape index (κ3) is 3.75. The summed E-state index contributed by atoms with van der Waals surface area (Å²) in [5.41, 5.74) is 6.14. The zero-order chi connectivity index (χ0) is 13.9. The van der Waals surface area contributed by atoms with Gasteiger partial charge in [0.1, 0.15) is 0 Å². The maximum atomic E-state index is 6.14. The van der Waals surface area contributed by atoms with Crippen LogP contribution in [0.4, 0.5) is 0 Å². The minimum absolute atomic E-state index is 0.658. The molecule has 1 heterocycles. The minimum Gasteiger partial charge on any atom is -0.329 e. The van der Waals surface area contributed by atoms with Gasteiger partial charge in [-0.05, 0) is 43.4 Å². The van der Waals surface area contributed by atoms with Crippen LogP contribution in [0.2, 0.25) is 0 Å². The Morgan fingerprint density at radius 3 is 2.15 bits per heavy atom. The van der Waals surface area contributed by atoms with Crippen molar-refractivity contribution in [3.05, 3.63) is 0 Å². The molecule has 3 fully saturated rings. The van der Waals surface area contributed by atoms with Crippen LogP contribution < -0.4 is 5.73 Å². The summed E-state index contributed by atoms with van der Waals surface area (Å²) in [6.07, 6.45) is 8.61. The standard InChI is InChI=1S/C17H33N3/c1-14-2-6-16(7-3-14)17(12-18)20-10-8-19(9-11-20)13-15-4-5-15/h14-17H,2-13,18H2,1H3. The molecule has 0 radical (unpaired) electrons. The minimum atomic E-state index is 0.658. The molecule has 1 unspecified atom stereocenters. The van der Waals surface area contributed by atoms with Gasteiger partial charge in [0.25, 0.3) is 0 Å². The molecular weight excluding hydrogens is 246 g/mol. The number of hydrogen-bond acceptors (Lipinski definition) is 3. The van der Waals surface area contributed by atoms with Gasteiger partial charge in [-0.25, -0.2) is 0 Å². The molecule has 3 rings (SSSR count). The second kappa shape index (κ2) is 6.76. The molecule has 1 saturated heterocycles. The van der Waals surface area contributed by atoms with E-state index >= 15 is 0 Å². The molecule has 3 nitrogen and oxygen atoms in total. The summed E-state index contributed by atoms with van der Waals surface area (Å²) in [6.45, 7) is 9.68. The fraction of sp³-hybridized carbons (Fsp3) is 1.00. The van der Waals surface area contributed by atoms with E-state index in [9.17, 15) is 0 Å². The van der Waals surface area contributed by atoms with Crippen LogP contribution in [0, 0.1) is 17.8 Å². The summed E-state index contributed by atoms with van der Waals surface area (Å²) in [7, 11) is 0. The van der Waals surface area contributed by atoms with Crippen molar-refractivity contribution in [2.75, 3.05) is 39.3 Å². The summed E-state index contributed by atoms with van der Waals surface area (Å²) in [4.78, 5) is 5.40. The predicted molar refractivity (Wildman–Crippen MR) is 84.7 cm³/mol. The quantitative estimate of drug-likeness (QED) is 0.837. The van der Waals surface area contributed by atoms with Crippen molar-refractivity contribution in [2.24, 2.45) is 23.5 Å². The zero-order valence-electron chi connectivity index (χ0n) is 13.3. The van der Waals surface area contributed by atoms with Crippen molar-refractivity contribution in [3.63, 3.8) is 0 Å². The molecule has 0 aromatic heterocycles. The van der Waals surface area contributed by atoms with Crippen molar-refractivity contribution in [2.45, 2.75) is 51.5 Å². The predicted octanol–water partition coefficient (Wildman–Crippen LogP) is 2.17. The highest BCUT2D eigenvalue weighted by Crippen LogP contribution is 2.33. The number of piperazine rings is 1. The summed E-state index contributed by atoms with van der Waals surface area (Å²) < 4.78 is 0. The van der Waals surface area contributed by atoms with E-state index in [1.54, 1.807) is 0 Å². The third-order valence-electron chi connectivity index (χ3n) is 5.94. The van der Waals surface area contributed by atoms with Gasteiger partial charge >= 0.3 is 0 Å². The second-order valence-electron chi connectivity index (χ2n) is 7.60. The lowest BCUT2D eigenvalue weighted by atomic mass is 9.78. The van der Waals surface area contributed by atoms with Gasteiger partial charge in [-0.3, -0.25) is 4.90 Å². The topological polar surface area (TPSA) is 32.5 Å². The van der Waals surface area contributed by atoms with Crippen molar-refractivity contribution in [1.82, 2.24) is 9.80 Å². The largest absolute Gasteiger partial charge is 0.329 e. The molecule has 1 atom stereocenters. The highest BCUT2D eigenvalue weighted by molar-refractivity contribution is 4.88. The van der Waals surface area contributed by atoms with E-state index in [0.717, 1.165) is 24.3 Å². The molecular formula is C17H33N3. The van der Waals surface area contributed by atoms with Gasteiger partial charge in [0, 0.05) is 45.3 Å². The van der Waals surface area contributed by atoms with Crippen LogP contribution in [-0.2, 0) is 0 Å². The molecule has 2 aliphatic carbocycles. The maximum absolute atomic E-state index is 6.14. The number of nitrogens with two attached hydrogens (primary N) is 1. The van der Waals surface area contributed by atoms with Crippen LogP contribution >= 0.6 is 0 Å².